The number of pyridine rings is 1. The number of Topliss-reactive ketones (excluding diaryl/α,β-unsaturated/α-hetero) is 1. The summed E-state index contributed by atoms with van der Waals surface area (Å²) in [6, 6.07) is 2.13. The molecule has 1 aliphatic carbocycles. The third-order valence-electron chi connectivity index (χ3n) is 5.09. The number of aldehydes is 1. The second-order valence-electron chi connectivity index (χ2n) is 9.71. The smallest absolute Gasteiger partial charge is 0.191 e. The molecule has 2 aromatic rings. The van der Waals surface area contributed by atoms with E-state index in [9.17, 15) is 9.59 Å². The number of ketones is 1. The van der Waals surface area contributed by atoms with Crippen molar-refractivity contribution in [1.29, 1.82) is 0 Å². The standard InChI is InChI=1S/C14H16N2OS.C9H16.C4H8O.C4H10.C2H6/c1-2-5-12(17)14-16-11-8-9-6-3-4-7-10(9)15-13(11)18-14;1-4-6-7-8-9(3)5-2;1-2-3-4-5;1-4(2)3;1-2/h8H,2-7H2,1H3;6-8H,4-5H2,1-3H3;4H,2-3H2,1H3;4H,1-3H3;1-2H3/b;7-6-,9-8+;;;. The number of carbonyl (C=O) groups is 2. The molecule has 0 radical (unpaired) electrons. The molecule has 3 rings (SSSR count). The maximum Gasteiger partial charge on any atom is 0.191 e. The molecule has 1 aliphatic rings. The fraction of sp³-hybridized carbons (Fsp3) is 0.636. The second kappa shape index (κ2) is 25.2. The van der Waals surface area contributed by atoms with E-state index >= 15 is 0 Å². The molecule has 0 aliphatic heterocycles. The molecule has 0 saturated heterocycles. The van der Waals surface area contributed by atoms with E-state index in [1.54, 1.807) is 0 Å². The third kappa shape index (κ3) is 18.2. The molecule has 0 bridgehead atoms. The minimum atomic E-state index is 0.151. The Hall–Kier alpha value is -2.14. The van der Waals surface area contributed by atoms with Crippen molar-refractivity contribution in [3.05, 3.63) is 46.1 Å². The van der Waals surface area contributed by atoms with Gasteiger partial charge in [-0.15, -0.1) is 0 Å². The monoisotopic (exact) mass is 544 g/mol. The first kappa shape index (κ1) is 38.0. The van der Waals surface area contributed by atoms with Gasteiger partial charge in [0, 0.05) is 18.5 Å². The lowest BCUT2D eigenvalue weighted by Gasteiger charge is -2.13. The number of allylic oxidation sites excluding steroid dienone is 4. The topological polar surface area (TPSA) is 59.9 Å². The van der Waals surface area contributed by atoms with Crippen molar-refractivity contribution in [3.8, 4) is 0 Å². The summed E-state index contributed by atoms with van der Waals surface area (Å²) in [4.78, 5) is 31.3. The summed E-state index contributed by atoms with van der Waals surface area (Å²) in [6.45, 7) is 21.0. The van der Waals surface area contributed by atoms with E-state index in [1.807, 2.05) is 27.7 Å². The van der Waals surface area contributed by atoms with Crippen LogP contribution in [0.15, 0.2) is 29.9 Å². The molecular formula is C33H56N2O2S. The maximum absolute atomic E-state index is 11.9. The molecule has 216 valence electrons. The molecule has 0 amide bonds. The van der Waals surface area contributed by atoms with Crippen LogP contribution >= 0.6 is 11.3 Å². The van der Waals surface area contributed by atoms with Crippen LogP contribution in [0.5, 0.6) is 0 Å². The average Bonchev–Trinajstić information content (AvgIpc) is 3.32. The highest BCUT2D eigenvalue weighted by atomic mass is 32.1. The Balaban J connectivity index is 0. The van der Waals surface area contributed by atoms with E-state index in [0.29, 0.717) is 17.8 Å². The van der Waals surface area contributed by atoms with Gasteiger partial charge in [-0.1, -0.05) is 97.5 Å². The van der Waals surface area contributed by atoms with Crippen molar-refractivity contribution >= 4 is 33.8 Å². The van der Waals surface area contributed by atoms with Crippen LogP contribution in [0.1, 0.15) is 142 Å². The summed E-state index contributed by atoms with van der Waals surface area (Å²) < 4.78 is 0. The van der Waals surface area contributed by atoms with Gasteiger partial charge < -0.3 is 4.79 Å². The van der Waals surface area contributed by atoms with Crippen molar-refractivity contribution in [2.24, 2.45) is 5.92 Å². The lowest BCUT2D eigenvalue weighted by Crippen LogP contribution is -2.04. The molecule has 0 aromatic carbocycles. The number of carbonyl (C=O) groups excluding carboxylic acids is 2. The number of aromatic nitrogens is 2. The molecule has 0 atom stereocenters. The fourth-order valence-corrected chi connectivity index (χ4v) is 3.95. The summed E-state index contributed by atoms with van der Waals surface area (Å²) in [5.41, 5.74) is 4.89. The van der Waals surface area contributed by atoms with Gasteiger partial charge in [-0.2, -0.15) is 0 Å². The normalized spacial score (nSPS) is 12.1. The van der Waals surface area contributed by atoms with Gasteiger partial charge in [0.15, 0.2) is 10.8 Å². The SMILES string of the molecule is CC.CC(C)C.CC/C=C\C=C(/C)CC.CCCC(=O)c1nc2cc3c(nc2s1)CCCC3.CCCC=O. The minimum absolute atomic E-state index is 0.151. The van der Waals surface area contributed by atoms with Crippen molar-refractivity contribution in [2.75, 3.05) is 0 Å². The fourth-order valence-electron chi connectivity index (χ4n) is 3.04. The minimum Gasteiger partial charge on any atom is -0.303 e. The molecule has 0 fully saturated rings. The Labute approximate surface area is 238 Å². The van der Waals surface area contributed by atoms with Crippen molar-refractivity contribution < 1.29 is 9.59 Å². The van der Waals surface area contributed by atoms with Crippen molar-refractivity contribution in [3.63, 3.8) is 0 Å². The Morgan fingerprint density at radius 1 is 1.03 bits per heavy atom. The maximum atomic E-state index is 11.9. The number of nitrogens with zero attached hydrogens (tertiary/aromatic N) is 2. The van der Waals surface area contributed by atoms with Crippen LogP contribution in [0, 0.1) is 5.92 Å². The number of hydrogen-bond acceptors (Lipinski definition) is 5. The molecule has 38 heavy (non-hydrogen) atoms. The van der Waals surface area contributed by atoms with Crippen molar-refractivity contribution in [2.45, 2.75) is 133 Å². The molecule has 0 spiro atoms. The summed E-state index contributed by atoms with van der Waals surface area (Å²) in [5.74, 6) is 0.985. The quantitative estimate of drug-likeness (QED) is 0.188. The first-order valence-corrected chi connectivity index (χ1v) is 15.6. The van der Waals surface area contributed by atoms with Crippen LogP contribution in [-0.2, 0) is 17.6 Å². The molecule has 0 N–H and O–H groups in total. The van der Waals surface area contributed by atoms with E-state index in [1.165, 1.54) is 41.0 Å². The van der Waals surface area contributed by atoms with Gasteiger partial charge >= 0.3 is 0 Å². The highest BCUT2D eigenvalue weighted by Crippen LogP contribution is 2.27. The predicted octanol–water partition coefficient (Wildman–Crippen LogP) is 10.5. The summed E-state index contributed by atoms with van der Waals surface area (Å²) in [6.07, 6.45) is 17.5. The molecular weight excluding hydrogens is 488 g/mol. The van der Waals surface area contributed by atoms with E-state index in [0.717, 1.165) is 61.1 Å². The van der Waals surface area contributed by atoms with E-state index < -0.39 is 0 Å². The van der Waals surface area contributed by atoms with Gasteiger partial charge in [-0.3, -0.25) is 4.79 Å². The van der Waals surface area contributed by atoms with Crippen LogP contribution < -0.4 is 0 Å². The first-order valence-electron chi connectivity index (χ1n) is 14.8. The Bertz CT molecular complexity index is 896. The first-order chi connectivity index (χ1) is 18.2. The Morgan fingerprint density at radius 3 is 2.16 bits per heavy atom. The molecule has 2 heterocycles. The second-order valence-corrected chi connectivity index (χ2v) is 10.7. The van der Waals surface area contributed by atoms with Crippen molar-refractivity contribution in [1.82, 2.24) is 9.97 Å². The number of hydrogen-bond donors (Lipinski definition) is 0. The van der Waals surface area contributed by atoms with Gasteiger partial charge in [0.25, 0.3) is 0 Å². The van der Waals surface area contributed by atoms with Crippen LogP contribution in [-0.4, -0.2) is 22.0 Å². The lowest BCUT2D eigenvalue weighted by atomic mass is 9.96. The molecule has 2 aromatic heterocycles. The third-order valence-corrected chi connectivity index (χ3v) is 6.10. The van der Waals surface area contributed by atoms with Crippen LogP contribution in [0.2, 0.25) is 0 Å². The zero-order valence-corrected chi connectivity index (χ0v) is 27.0. The summed E-state index contributed by atoms with van der Waals surface area (Å²) in [7, 11) is 0. The van der Waals surface area contributed by atoms with Crippen LogP contribution in [0.4, 0.5) is 0 Å². The zero-order chi connectivity index (χ0) is 29.3. The number of unbranched alkanes of at least 4 members (excludes halogenated alkanes) is 1. The summed E-state index contributed by atoms with van der Waals surface area (Å²) in [5, 5.41) is 0.627. The van der Waals surface area contributed by atoms with Gasteiger partial charge in [0.1, 0.15) is 16.6 Å². The molecule has 5 heteroatoms. The average molecular weight is 545 g/mol. The number of fused-ring (bicyclic) bond motifs is 2. The van der Waals surface area contributed by atoms with E-state index in [4.69, 9.17) is 0 Å². The zero-order valence-electron chi connectivity index (χ0n) is 26.2. The molecule has 0 saturated carbocycles. The lowest BCUT2D eigenvalue weighted by molar-refractivity contribution is -0.107. The Morgan fingerprint density at radius 2 is 1.66 bits per heavy atom. The largest absolute Gasteiger partial charge is 0.303 e. The number of aryl methyl sites for hydroxylation is 2. The Kier molecular flexibility index (Phi) is 25.2. The van der Waals surface area contributed by atoms with Gasteiger partial charge in [-0.25, -0.2) is 9.97 Å². The highest BCUT2D eigenvalue weighted by Gasteiger charge is 2.16. The van der Waals surface area contributed by atoms with E-state index in [-0.39, 0.29) is 5.78 Å². The predicted molar refractivity (Wildman–Crippen MR) is 170 cm³/mol. The number of rotatable bonds is 8. The van der Waals surface area contributed by atoms with Gasteiger partial charge in [0.2, 0.25) is 0 Å². The molecule has 4 nitrogen and oxygen atoms in total. The van der Waals surface area contributed by atoms with Gasteiger partial charge in [-0.05, 0) is 75.8 Å². The van der Waals surface area contributed by atoms with Crippen LogP contribution in [0.25, 0.3) is 10.3 Å². The van der Waals surface area contributed by atoms with Crippen LogP contribution in [0.3, 0.4) is 0 Å². The summed E-state index contributed by atoms with van der Waals surface area (Å²) >= 11 is 1.45. The van der Waals surface area contributed by atoms with E-state index in [2.05, 4.69) is 75.8 Å². The van der Waals surface area contributed by atoms with Gasteiger partial charge in [0.05, 0.1) is 0 Å². The number of thiazole rings is 1. The highest BCUT2D eigenvalue weighted by molar-refractivity contribution is 7.19. The molecule has 0 unspecified atom stereocenters.